The number of hydrogen-bond acceptors (Lipinski definition) is 3. The van der Waals surface area contributed by atoms with Crippen LogP contribution in [0.5, 0.6) is 0 Å². The molecule has 1 heterocycles. The first-order valence-electron chi connectivity index (χ1n) is 6.43. The van der Waals surface area contributed by atoms with Crippen LogP contribution in [0.15, 0.2) is 42.6 Å². The maximum absolute atomic E-state index is 5.91. The monoisotopic (exact) mass is 239 g/mol. The van der Waals surface area contributed by atoms with E-state index in [9.17, 15) is 0 Å². The molecular formula is C15H17N3. The Labute approximate surface area is 107 Å². The molecule has 2 N–H and O–H groups in total. The van der Waals surface area contributed by atoms with Crippen LogP contribution in [0.1, 0.15) is 25.1 Å². The molecule has 3 heteroatoms. The number of rotatable bonds is 3. The van der Waals surface area contributed by atoms with Gasteiger partial charge in [-0.1, -0.05) is 36.8 Å². The highest BCUT2D eigenvalue weighted by Crippen LogP contribution is 2.41. The molecule has 1 aliphatic carbocycles. The minimum Gasteiger partial charge on any atom is -0.329 e. The zero-order valence-electron chi connectivity index (χ0n) is 10.3. The third-order valence-electron chi connectivity index (χ3n) is 3.90. The first-order valence-corrected chi connectivity index (χ1v) is 6.43. The van der Waals surface area contributed by atoms with E-state index in [0.717, 1.165) is 29.9 Å². The average molecular weight is 239 g/mol. The summed E-state index contributed by atoms with van der Waals surface area (Å²) in [5.41, 5.74) is 8.06. The summed E-state index contributed by atoms with van der Waals surface area (Å²) in [7, 11) is 0. The molecule has 2 aromatic rings. The fourth-order valence-corrected chi connectivity index (χ4v) is 2.51. The third-order valence-corrected chi connectivity index (χ3v) is 3.90. The highest BCUT2D eigenvalue weighted by atomic mass is 14.9. The van der Waals surface area contributed by atoms with Crippen LogP contribution >= 0.6 is 0 Å². The van der Waals surface area contributed by atoms with E-state index in [0.29, 0.717) is 6.54 Å². The summed E-state index contributed by atoms with van der Waals surface area (Å²) in [6.45, 7) is 0.644. The molecule has 0 spiro atoms. The topological polar surface area (TPSA) is 51.8 Å². The molecule has 3 nitrogen and oxygen atoms in total. The molecule has 0 radical (unpaired) electrons. The van der Waals surface area contributed by atoms with E-state index in [1.807, 2.05) is 30.5 Å². The van der Waals surface area contributed by atoms with Crippen molar-refractivity contribution in [3.63, 3.8) is 0 Å². The molecule has 1 saturated carbocycles. The van der Waals surface area contributed by atoms with Gasteiger partial charge >= 0.3 is 0 Å². The zero-order valence-corrected chi connectivity index (χ0v) is 10.3. The van der Waals surface area contributed by atoms with Crippen molar-refractivity contribution in [1.82, 2.24) is 9.97 Å². The SMILES string of the molecule is NCC1(c2nccc(-c3ccccc3)n2)CCC1. The molecule has 92 valence electrons. The van der Waals surface area contributed by atoms with Crippen molar-refractivity contribution in [3.8, 4) is 11.3 Å². The lowest BCUT2D eigenvalue weighted by atomic mass is 9.68. The molecule has 0 saturated heterocycles. The number of nitrogens with zero attached hydrogens (tertiary/aromatic N) is 2. The van der Waals surface area contributed by atoms with Crippen LogP contribution in [-0.4, -0.2) is 16.5 Å². The van der Waals surface area contributed by atoms with E-state index in [2.05, 4.69) is 17.1 Å². The van der Waals surface area contributed by atoms with Gasteiger partial charge in [0.25, 0.3) is 0 Å². The first-order chi connectivity index (χ1) is 8.84. The second-order valence-corrected chi connectivity index (χ2v) is 4.97. The van der Waals surface area contributed by atoms with Crippen molar-refractivity contribution in [2.75, 3.05) is 6.54 Å². The van der Waals surface area contributed by atoms with Crippen molar-refractivity contribution in [1.29, 1.82) is 0 Å². The maximum atomic E-state index is 5.91. The van der Waals surface area contributed by atoms with Crippen molar-refractivity contribution >= 4 is 0 Å². The van der Waals surface area contributed by atoms with Gasteiger partial charge in [0, 0.05) is 23.7 Å². The lowest BCUT2D eigenvalue weighted by molar-refractivity contribution is 0.238. The maximum Gasteiger partial charge on any atom is 0.136 e. The van der Waals surface area contributed by atoms with Crippen LogP contribution in [-0.2, 0) is 5.41 Å². The summed E-state index contributed by atoms with van der Waals surface area (Å²) in [6.07, 6.45) is 5.31. The van der Waals surface area contributed by atoms with Gasteiger partial charge in [0.05, 0.1) is 5.69 Å². The van der Waals surface area contributed by atoms with Gasteiger partial charge in [-0.05, 0) is 18.9 Å². The van der Waals surface area contributed by atoms with Gasteiger partial charge in [-0.25, -0.2) is 9.97 Å². The highest BCUT2D eigenvalue weighted by molar-refractivity contribution is 5.58. The van der Waals surface area contributed by atoms with Crippen LogP contribution in [0.4, 0.5) is 0 Å². The highest BCUT2D eigenvalue weighted by Gasteiger charge is 2.40. The predicted molar refractivity (Wildman–Crippen MR) is 72.1 cm³/mol. The second kappa shape index (κ2) is 4.50. The van der Waals surface area contributed by atoms with Crippen molar-refractivity contribution in [2.24, 2.45) is 5.73 Å². The Hall–Kier alpha value is -1.74. The molecule has 0 atom stereocenters. The van der Waals surface area contributed by atoms with Gasteiger partial charge in [0.1, 0.15) is 5.82 Å². The van der Waals surface area contributed by atoms with Gasteiger partial charge in [-0.15, -0.1) is 0 Å². The molecule has 1 aromatic heterocycles. The molecule has 1 fully saturated rings. The van der Waals surface area contributed by atoms with Crippen LogP contribution in [0, 0.1) is 0 Å². The molecule has 0 unspecified atom stereocenters. The molecule has 1 aromatic carbocycles. The smallest absolute Gasteiger partial charge is 0.136 e. The summed E-state index contributed by atoms with van der Waals surface area (Å²) in [6, 6.07) is 12.2. The fourth-order valence-electron chi connectivity index (χ4n) is 2.51. The molecule has 0 bridgehead atoms. The molecule has 0 amide bonds. The molecule has 0 aliphatic heterocycles. The Bertz CT molecular complexity index is 527. The number of nitrogens with two attached hydrogens (primary N) is 1. The van der Waals surface area contributed by atoms with Gasteiger partial charge in [-0.3, -0.25) is 0 Å². The van der Waals surface area contributed by atoms with Crippen molar-refractivity contribution < 1.29 is 0 Å². The minimum absolute atomic E-state index is 0.0325. The van der Waals surface area contributed by atoms with Crippen LogP contribution in [0.25, 0.3) is 11.3 Å². The summed E-state index contributed by atoms with van der Waals surface area (Å²) in [5.74, 6) is 0.914. The van der Waals surface area contributed by atoms with E-state index < -0.39 is 0 Å². The quantitative estimate of drug-likeness (QED) is 0.895. The summed E-state index contributed by atoms with van der Waals surface area (Å²) < 4.78 is 0. The Morgan fingerprint density at radius 2 is 1.89 bits per heavy atom. The Balaban J connectivity index is 1.99. The molecular weight excluding hydrogens is 222 g/mol. The van der Waals surface area contributed by atoms with E-state index in [4.69, 9.17) is 10.7 Å². The number of aromatic nitrogens is 2. The Morgan fingerprint density at radius 1 is 1.11 bits per heavy atom. The van der Waals surface area contributed by atoms with Gasteiger partial charge in [-0.2, -0.15) is 0 Å². The van der Waals surface area contributed by atoms with Crippen LogP contribution in [0.3, 0.4) is 0 Å². The van der Waals surface area contributed by atoms with Crippen LogP contribution in [0.2, 0.25) is 0 Å². The Morgan fingerprint density at radius 3 is 2.50 bits per heavy atom. The summed E-state index contributed by atoms with van der Waals surface area (Å²) >= 11 is 0. The zero-order chi connectivity index (χ0) is 12.4. The van der Waals surface area contributed by atoms with Gasteiger partial charge < -0.3 is 5.73 Å². The van der Waals surface area contributed by atoms with E-state index in [-0.39, 0.29) is 5.41 Å². The van der Waals surface area contributed by atoms with Crippen molar-refractivity contribution in [3.05, 3.63) is 48.4 Å². The van der Waals surface area contributed by atoms with E-state index in [1.54, 1.807) is 0 Å². The standard InChI is InChI=1S/C15H17N3/c16-11-15(8-4-9-15)14-17-10-7-13(18-14)12-5-2-1-3-6-12/h1-3,5-7,10H,4,8-9,11,16H2. The summed E-state index contributed by atoms with van der Waals surface area (Å²) in [4.78, 5) is 9.16. The lowest BCUT2D eigenvalue weighted by Crippen LogP contribution is -2.43. The molecule has 3 rings (SSSR count). The van der Waals surface area contributed by atoms with Crippen molar-refractivity contribution in [2.45, 2.75) is 24.7 Å². The second-order valence-electron chi connectivity index (χ2n) is 4.97. The van der Waals surface area contributed by atoms with E-state index >= 15 is 0 Å². The van der Waals surface area contributed by atoms with E-state index in [1.165, 1.54) is 6.42 Å². The number of hydrogen-bond donors (Lipinski definition) is 1. The molecule has 1 aliphatic rings. The van der Waals surface area contributed by atoms with Gasteiger partial charge in [0.15, 0.2) is 0 Å². The average Bonchev–Trinajstić information content (AvgIpc) is 2.40. The first kappa shape index (κ1) is 11.4. The largest absolute Gasteiger partial charge is 0.329 e. The minimum atomic E-state index is 0.0325. The predicted octanol–water partition coefficient (Wildman–Crippen LogP) is 2.52. The number of benzene rings is 1. The van der Waals surface area contributed by atoms with Crippen LogP contribution < -0.4 is 5.73 Å². The van der Waals surface area contributed by atoms with Gasteiger partial charge in [0.2, 0.25) is 0 Å². The fraction of sp³-hybridized carbons (Fsp3) is 0.333. The lowest BCUT2D eigenvalue weighted by Gasteiger charge is -2.39. The summed E-state index contributed by atoms with van der Waals surface area (Å²) in [5, 5.41) is 0. The molecule has 18 heavy (non-hydrogen) atoms. The third kappa shape index (κ3) is 1.81. The normalized spacial score (nSPS) is 17.2. The Kier molecular flexibility index (Phi) is 2.84.